The average Bonchev–Trinajstić information content (AvgIpc) is 2.43. The summed E-state index contributed by atoms with van der Waals surface area (Å²) in [6.45, 7) is 5.21. The summed E-state index contributed by atoms with van der Waals surface area (Å²) in [4.78, 5) is 36.9. The summed E-state index contributed by atoms with van der Waals surface area (Å²) in [5.74, 6) is -0.677. The Balaban J connectivity index is 2.64. The normalized spacial score (nSPS) is 10.8. The van der Waals surface area contributed by atoms with Gasteiger partial charge in [0, 0.05) is 30.8 Å². The van der Waals surface area contributed by atoms with Crippen LogP contribution >= 0.6 is 0 Å². The summed E-state index contributed by atoms with van der Waals surface area (Å²) in [5, 5.41) is 5.23. The number of benzene rings is 1. The number of anilines is 1. The maximum Gasteiger partial charge on any atom is 0.253 e. The fraction of sp³-hybridized carbons (Fsp3) is 0.438. The molecule has 0 bridgehead atoms. The van der Waals surface area contributed by atoms with Crippen molar-refractivity contribution < 1.29 is 14.4 Å². The van der Waals surface area contributed by atoms with E-state index in [1.54, 1.807) is 59.1 Å². The molecule has 0 aliphatic carbocycles. The molecule has 0 saturated carbocycles. The summed E-state index contributed by atoms with van der Waals surface area (Å²) < 4.78 is 0. The van der Waals surface area contributed by atoms with Crippen molar-refractivity contribution in [3.8, 4) is 0 Å². The van der Waals surface area contributed by atoms with Gasteiger partial charge in [0.05, 0.1) is 6.54 Å². The maximum absolute atomic E-state index is 11.9. The van der Waals surface area contributed by atoms with Crippen LogP contribution in [0.4, 0.5) is 5.69 Å². The van der Waals surface area contributed by atoms with Crippen molar-refractivity contribution in [3.05, 3.63) is 29.8 Å². The van der Waals surface area contributed by atoms with E-state index < -0.39 is 5.41 Å². The highest BCUT2D eigenvalue weighted by Crippen LogP contribution is 2.13. The molecule has 6 heteroatoms. The lowest BCUT2D eigenvalue weighted by atomic mass is 9.96. The molecule has 0 heterocycles. The Morgan fingerprint density at radius 2 is 1.77 bits per heavy atom. The standard InChI is InChI=1S/C16H23N3O3/c1-16(2,3)15(22)17-10-13(20)18-12-8-6-7-11(9-12)14(21)19(4)5/h6-9H,10H2,1-5H3,(H,17,22)(H,18,20). The van der Waals surface area contributed by atoms with Crippen molar-refractivity contribution >= 4 is 23.4 Å². The third-order valence-corrected chi connectivity index (χ3v) is 2.89. The predicted octanol–water partition coefficient (Wildman–Crippen LogP) is 1.49. The minimum absolute atomic E-state index is 0.109. The number of amides is 3. The van der Waals surface area contributed by atoms with E-state index in [-0.39, 0.29) is 24.3 Å². The SMILES string of the molecule is CN(C)C(=O)c1cccc(NC(=O)CNC(=O)C(C)(C)C)c1. The highest BCUT2D eigenvalue weighted by Gasteiger charge is 2.21. The molecule has 6 nitrogen and oxygen atoms in total. The summed E-state index contributed by atoms with van der Waals surface area (Å²) in [6.07, 6.45) is 0. The van der Waals surface area contributed by atoms with Gasteiger partial charge in [0.15, 0.2) is 0 Å². The van der Waals surface area contributed by atoms with Gasteiger partial charge in [-0.05, 0) is 18.2 Å². The molecule has 0 aliphatic rings. The van der Waals surface area contributed by atoms with E-state index in [9.17, 15) is 14.4 Å². The molecular formula is C16H23N3O3. The first kappa shape index (κ1) is 17.7. The second-order valence-electron chi connectivity index (χ2n) is 6.26. The lowest BCUT2D eigenvalue weighted by Crippen LogP contribution is -2.39. The molecule has 0 aliphatic heterocycles. The van der Waals surface area contributed by atoms with Gasteiger partial charge in [-0.15, -0.1) is 0 Å². The minimum Gasteiger partial charge on any atom is -0.347 e. The zero-order valence-corrected chi connectivity index (χ0v) is 13.7. The van der Waals surface area contributed by atoms with E-state index in [0.717, 1.165) is 0 Å². The van der Waals surface area contributed by atoms with E-state index in [4.69, 9.17) is 0 Å². The van der Waals surface area contributed by atoms with Gasteiger partial charge in [-0.25, -0.2) is 0 Å². The highest BCUT2D eigenvalue weighted by atomic mass is 16.2. The Kier molecular flexibility index (Phi) is 5.68. The molecule has 0 fully saturated rings. The zero-order valence-electron chi connectivity index (χ0n) is 13.7. The number of rotatable bonds is 4. The summed E-state index contributed by atoms with van der Waals surface area (Å²) in [6, 6.07) is 6.67. The largest absolute Gasteiger partial charge is 0.347 e. The molecule has 2 N–H and O–H groups in total. The monoisotopic (exact) mass is 305 g/mol. The van der Waals surface area contributed by atoms with Crippen molar-refractivity contribution in [1.82, 2.24) is 10.2 Å². The fourth-order valence-electron chi connectivity index (χ4n) is 1.62. The number of carbonyl (C=O) groups excluding carboxylic acids is 3. The molecule has 0 radical (unpaired) electrons. The Hall–Kier alpha value is -2.37. The average molecular weight is 305 g/mol. The second-order valence-corrected chi connectivity index (χ2v) is 6.26. The lowest BCUT2D eigenvalue weighted by molar-refractivity contribution is -0.130. The van der Waals surface area contributed by atoms with Crippen LogP contribution in [-0.2, 0) is 9.59 Å². The first-order valence-corrected chi connectivity index (χ1v) is 7.01. The number of carbonyl (C=O) groups is 3. The van der Waals surface area contributed by atoms with E-state index in [2.05, 4.69) is 10.6 Å². The molecule has 120 valence electrons. The zero-order chi connectivity index (χ0) is 16.9. The summed E-state index contributed by atoms with van der Waals surface area (Å²) in [7, 11) is 3.32. The first-order chi connectivity index (χ1) is 10.1. The maximum atomic E-state index is 11.9. The highest BCUT2D eigenvalue weighted by molar-refractivity contribution is 5.98. The molecule has 22 heavy (non-hydrogen) atoms. The molecular weight excluding hydrogens is 282 g/mol. The van der Waals surface area contributed by atoms with Crippen LogP contribution in [0.1, 0.15) is 31.1 Å². The van der Waals surface area contributed by atoms with Crippen LogP contribution in [0.2, 0.25) is 0 Å². The number of hydrogen-bond donors (Lipinski definition) is 2. The van der Waals surface area contributed by atoms with Gasteiger partial charge in [-0.1, -0.05) is 26.8 Å². The number of nitrogens with one attached hydrogen (secondary N) is 2. The van der Waals surface area contributed by atoms with Crippen LogP contribution in [0.3, 0.4) is 0 Å². The van der Waals surface area contributed by atoms with Gasteiger partial charge in [0.1, 0.15) is 0 Å². The van der Waals surface area contributed by atoms with Gasteiger partial charge in [-0.2, -0.15) is 0 Å². The molecule has 3 amide bonds. The molecule has 1 aromatic rings. The Labute approximate surface area is 130 Å². The molecule has 1 aromatic carbocycles. The van der Waals surface area contributed by atoms with Crippen LogP contribution in [-0.4, -0.2) is 43.3 Å². The summed E-state index contributed by atoms with van der Waals surface area (Å²) in [5.41, 5.74) is 0.461. The number of nitrogens with zero attached hydrogens (tertiary/aromatic N) is 1. The van der Waals surface area contributed by atoms with Crippen molar-refractivity contribution in [2.45, 2.75) is 20.8 Å². The molecule has 0 saturated heterocycles. The van der Waals surface area contributed by atoms with Crippen molar-refractivity contribution in [2.75, 3.05) is 26.0 Å². The third kappa shape index (κ3) is 5.20. The lowest BCUT2D eigenvalue weighted by Gasteiger charge is -2.17. The molecule has 0 unspecified atom stereocenters. The van der Waals surface area contributed by atoms with Crippen LogP contribution < -0.4 is 10.6 Å². The first-order valence-electron chi connectivity index (χ1n) is 7.01. The fourth-order valence-corrected chi connectivity index (χ4v) is 1.62. The Morgan fingerprint density at radius 1 is 1.14 bits per heavy atom. The smallest absolute Gasteiger partial charge is 0.253 e. The van der Waals surface area contributed by atoms with Crippen LogP contribution in [0.25, 0.3) is 0 Å². The van der Waals surface area contributed by atoms with E-state index in [0.29, 0.717) is 11.3 Å². The van der Waals surface area contributed by atoms with Crippen LogP contribution in [0.5, 0.6) is 0 Å². The van der Waals surface area contributed by atoms with Gasteiger partial charge in [0.25, 0.3) is 5.91 Å². The van der Waals surface area contributed by atoms with Crippen LogP contribution in [0.15, 0.2) is 24.3 Å². The molecule has 0 aromatic heterocycles. The molecule has 0 spiro atoms. The van der Waals surface area contributed by atoms with Gasteiger partial charge in [-0.3, -0.25) is 14.4 Å². The topological polar surface area (TPSA) is 78.5 Å². The minimum atomic E-state index is -0.543. The predicted molar refractivity (Wildman–Crippen MR) is 85.6 cm³/mol. The van der Waals surface area contributed by atoms with E-state index in [1.807, 2.05) is 0 Å². The third-order valence-electron chi connectivity index (χ3n) is 2.89. The molecule has 0 atom stereocenters. The van der Waals surface area contributed by atoms with Gasteiger partial charge < -0.3 is 15.5 Å². The van der Waals surface area contributed by atoms with E-state index in [1.165, 1.54) is 4.90 Å². The van der Waals surface area contributed by atoms with Crippen molar-refractivity contribution in [1.29, 1.82) is 0 Å². The van der Waals surface area contributed by atoms with Gasteiger partial charge >= 0.3 is 0 Å². The molecule has 1 rings (SSSR count). The second kappa shape index (κ2) is 7.06. The van der Waals surface area contributed by atoms with Crippen LogP contribution in [0, 0.1) is 5.41 Å². The van der Waals surface area contributed by atoms with E-state index >= 15 is 0 Å². The van der Waals surface area contributed by atoms with Crippen molar-refractivity contribution in [2.24, 2.45) is 5.41 Å². The summed E-state index contributed by atoms with van der Waals surface area (Å²) >= 11 is 0. The van der Waals surface area contributed by atoms with Gasteiger partial charge in [0.2, 0.25) is 11.8 Å². The van der Waals surface area contributed by atoms with Crippen molar-refractivity contribution in [3.63, 3.8) is 0 Å². The Morgan fingerprint density at radius 3 is 2.32 bits per heavy atom. The Bertz CT molecular complexity index is 574. The quantitative estimate of drug-likeness (QED) is 0.884. The number of hydrogen-bond acceptors (Lipinski definition) is 3.